The Morgan fingerprint density at radius 3 is 2.54 bits per heavy atom. The zero-order chi connectivity index (χ0) is 9.90. The SMILES string of the molecule is C#Cc1ccccc1CC(C)(C)N. The molecule has 2 N–H and O–H groups in total. The van der Waals surface area contributed by atoms with Crippen LogP contribution in [0.1, 0.15) is 25.0 Å². The third-order valence-corrected chi connectivity index (χ3v) is 1.82. The van der Waals surface area contributed by atoms with Crippen LogP contribution in [-0.4, -0.2) is 5.54 Å². The van der Waals surface area contributed by atoms with Gasteiger partial charge in [0.1, 0.15) is 0 Å². The van der Waals surface area contributed by atoms with Crippen molar-refractivity contribution in [1.82, 2.24) is 0 Å². The summed E-state index contributed by atoms with van der Waals surface area (Å²) in [5, 5.41) is 0. The van der Waals surface area contributed by atoms with Crippen LogP contribution in [0.2, 0.25) is 0 Å². The van der Waals surface area contributed by atoms with E-state index in [0.29, 0.717) is 0 Å². The number of benzene rings is 1. The second-order valence-corrected chi connectivity index (χ2v) is 3.97. The first-order valence-corrected chi connectivity index (χ1v) is 4.36. The molecule has 0 aliphatic carbocycles. The molecular formula is C12H15N. The zero-order valence-electron chi connectivity index (χ0n) is 8.17. The second-order valence-electron chi connectivity index (χ2n) is 3.97. The van der Waals surface area contributed by atoms with Gasteiger partial charge in [-0.1, -0.05) is 24.1 Å². The van der Waals surface area contributed by atoms with Gasteiger partial charge in [-0.2, -0.15) is 0 Å². The molecule has 1 rings (SSSR count). The van der Waals surface area contributed by atoms with Crippen molar-refractivity contribution in [1.29, 1.82) is 0 Å². The van der Waals surface area contributed by atoms with Crippen LogP contribution < -0.4 is 5.73 Å². The van der Waals surface area contributed by atoms with Gasteiger partial charge in [-0.3, -0.25) is 0 Å². The largest absolute Gasteiger partial charge is 0.325 e. The number of hydrogen-bond donors (Lipinski definition) is 1. The van der Waals surface area contributed by atoms with E-state index >= 15 is 0 Å². The second kappa shape index (κ2) is 3.64. The van der Waals surface area contributed by atoms with E-state index in [1.165, 1.54) is 0 Å². The van der Waals surface area contributed by atoms with Crippen LogP contribution in [0.25, 0.3) is 0 Å². The molecule has 0 aromatic heterocycles. The van der Waals surface area contributed by atoms with Crippen molar-refractivity contribution in [3.05, 3.63) is 35.4 Å². The third kappa shape index (κ3) is 2.93. The first-order chi connectivity index (χ1) is 6.03. The lowest BCUT2D eigenvalue weighted by atomic mass is 9.93. The minimum atomic E-state index is -0.201. The normalized spacial score (nSPS) is 10.9. The Hall–Kier alpha value is -1.26. The average molecular weight is 173 g/mol. The molecular weight excluding hydrogens is 158 g/mol. The van der Waals surface area contributed by atoms with E-state index in [1.807, 2.05) is 38.1 Å². The van der Waals surface area contributed by atoms with Crippen LogP contribution in [0.3, 0.4) is 0 Å². The summed E-state index contributed by atoms with van der Waals surface area (Å²) < 4.78 is 0. The van der Waals surface area contributed by atoms with E-state index in [2.05, 4.69) is 5.92 Å². The molecule has 0 bridgehead atoms. The lowest BCUT2D eigenvalue weighted by Gasteiger charge is -2.19. The van der Waals surface area contributed by atoms with Crippen LogP contribution in [0.15, 0.2) is 24.3 Å². The van der Waals surface area contributed by atoms with E-state index in [9.17, 15) is 0 Å². The van der Waals surface area contributed by atoms with Crippen LogP contribution in [-0.2, 0) is 6.42 Å². The fourth-order valence-electron chi connectivity index (χ4n) is 1.31. The fourth-order valence-corrected chi connectivity index (χ4v) is 1.31. The molecule has 0 heterocycles. The molecule has 1 nitrogen and oxygen atoms in total. The highest BCUT2D eigenvalue weighted by Crippen LogP contribution is 2.13. The Morgan fingerprint density at radius 2 is 2.00 bits per heavy atom. The molecule has 1 heteroatoms. The summed E-state index contributed by atoms with van der Waals surface area (Å²) in [6.07, 6.45) is 6.19. The van der Waals surface area contributed by atoms with E-state index < -0.39 is 0 Å². The van der Waals surface area contributed by atoms with Gasteiger partial charge >= 0.3 is 0 Å². The summed E-state index contributed by atoms with van der Waals surface area (Å²) in [7, 11) is 0. The molecule has 0 fully saturated rings. The Kier molecular flexibility index (Phi) is 2.75. The predicted octanol–water partition coefficient (Wildman–Crippen LogP) is 1.95. The lowest BCUT2D eigenvalue weighted by Crippen LogP contribution is -2.34. The van der Waals surface area contributed by atoms with Gasteiger partial charge < -0.3 is 5.73 Å². The molecule has 0 spiro atoms. The Bertz CT molecular complexity index is 326. The maximum absolute atomic E-state index is 5.92. The van der Waals surface area contributed by atoms with Crippen molar-refractivity contribution in [2.24, 2.45) is 5.73 Å². The predicted molar refractivity (Wildman–Crippen MR) is 56.3 cm³/mol. The van der Waals surface area contributed by atoms with E-state index in [-0.39, 0.29) is 5.54 Å². The molecule has 1 aromatic rings. The van der Waals surface area contributed by atoms with Gasteiger partial charge in [0, 0.05) is 11.1 Å². The number of hydrogen-bond acceptors (Lipinski definition) is 1. The van der Waals surface area contributed by atoms with Crippen molar-refractivity contribution in [3.8, 4) is 12.3 Å². The van der Waals surface area contributed by atoms with Gasteiger partial charge in [0.15, 0.2) is 0 Å². The molecule has 68 valence electrons. The van der Waals surface area contributed by atoms with Gasteiger partial charge in [0.25, 0.3) is 0 Å². The number of rotatable bonds is 2. The van der Waals surface area contributed by atoms with Gasteiger partial charge in [0.2, 0.25) is 0 Å². The van der Waals surface area contributed by atoms with Crippen molar-refractivity contribution < 1.29 is 0 Å². The van der Waals surface area contributed by atoms with Crippen molar-refractivity contribution >= 4 is 0 Å². The molecule has 13 heavy (non-hydrogen) atoms. The molecule has 0 aliphatic heterocycles. The Labute approximate surface area is 80.0 Å². The standard InChI is InChI=1S/C12H15N/c1-4-10-7-5-6-8-11(10)9-12(2,3)13/h1,5-8H,9,13H2,2-3H3. The van der Waals surface area contributed by atoms with E-state index in [1.54, 1.807) is 0 Å². The molecule has 0 unspecified atom stereocenters. The van der Waals surface area contributed by atoms with Crippen molar-refractivity contribution in [2.75, 3.05) is 0 Å². The minimum absolute atomic E-state index is 0.201. The summed E-state index contributed by atoms with van der Waals surface area (Å²) in [6.45, 7) is 4.00. The third-order valence-electron chi connectivity index (χ3n) is 1.82. The maximum Gasteiger partial charge on any atom is 0.0275 e. The Morgan fingerprint density at radius 1 is 1.38 bits per heavy atom. The van der Waals surface area contributed by atoms with E-state index in [4.69, 9.17) is 12.2 Å². The molecule has 1 aromatic carbocycles. The quantitative estimate of drug-likeness (QED) is 0.680. The van der Waals surface area contributed by atoms with Gasteiger partial charge in [-0.05, 0) is 31.9 Å². The highest BCUT2D eigenvalue weighted by atomic mass is 14.7. The first-order valence-electron chi connectivity index (χ1n) is 4.36. The average Bonchev–Trinajstić information content (AvgIpc) is 2.02. The topological polar surface area (TPSA) is 26.0 Å². The number of nitrogens with two attached hydrogens (primary N) is 1. The van der Waals surface area contributed by atoms with Crippen LogP contribution in [0.4, 0.5) is 0 Å². The van der Waals surface area contributed by atoms with Crippen molar-refractivity contribution in [2.45, 2.75) is 25.8 Å². The lowest BCUT2D eigenvalue weighted by molar-refractivity contribution is 0.516. The molecule has 0 amide bonds. The van der Waals surface area contributed by atoms with Gasteiger partial charge in [-0.25, -0.2) is 0 Å². The molecule has 0 aliphatic rings. The summed E-state index contributed by atoms with van der Waals surface area (Å²) in [5.41, 5.74) is 7.82. The minimum Gasteiger partial charge on any atom is -0.325 e. The highest BCUT2D eigenvalue weighted by Gasteiger charge is 2.12. The summed E-state index contributed by atoms with van der Waals surface area (Å²) >= 11 is 0. The van der Waals surface area contributed by atoms with Crippen LogP contribution in [0, 0.1) is 12.3 Å². The summed E-state index contributed by atoms with van der Waals surface area (Å²) in [4.78, 5) is 0. The van der Waals surface area contributed by atoms with Crippen LogP contribution in [0.5, 0.6) is 0 Å². The molecule has 0 saturated heterocycles. The van der Waals surface area contributed by atoms with Gasteiger partial charge in [-0.15, -0.1) is 6.42 Å². The molecule has 0 radical (unpaired) electrons. The maximum atomic E-state index is 5.92. The summed E-state index contributed by atoms with van der Waals surface area (Å²) in [6, 6.07) is 7.91. The highest BCUT2D eigenvalue weighted by molar-refractivity contribution is 5.40. The number of terminal acetylenes is 1. The fraction of sp³-hybridized carbons (Fsp3) is 0.333. The van der Waals surface area contributed by atoms with Crippen LogP contribution >= 0.6 is 0 Å². The molecule has 0 saturated carbocycles. The monoisotopic (exact) mass is 173 g/mol. The smallest absolute Gasteiger partial charge is 0.0275 e. The zero-order valence-corrected chi connectivity index (χ0v) is 8.17. The van der Waals surface area contributed by atoms with E-state index in [0.717, 1.165) is 17.5 Å². The Balaban J connectivity index is 2.96. The first kappa shape index (κ1) is 9.83. The summed E-state index contributed by atoms with van der Waals surface area (Å²) in [5.74, 6) is 2.66. The molecule has 0 atom stereocenters. The van der Waals surface area contributed by atoms with Gasteiger partial charge in [0.05, 0.1) is 0 Å². The van der Waals surface area contributed by atoms with Crippen molar-refractivity contribution in [3.63, 3.8) is 0 Å².